The van der Waals surface area contributed by atoms with E-state index in [0.29, 0.717) is 6.04 Å². The molecule has 2 rings (SSSR count). The van der Waals surface area contributed by atoms with Crippen molar-refractivity contribution >= 4 is 23.4 Å². The van der Waals surface area contributed by atoms with Gasteiger partial charge in [-0.1, -0.05) is 36.4 Å². The van der Waals surface area contributed by atoms with Crippen LogP contribution in [-0.2, 0) is 7.05 Å². The summed E-state index contributed by atoms with van der Waals surface area (Å²) in [7, 11) is 1.98. The summed E-state index contributed by atoms with van der Waals surface area (Å²) in [6.45, 7) is 5.34. The van der Waals surface area contributed by atoms with Gasteiger partial charge < -0.3 is 9.88 Å². The monoisotopic (exact) mass is 309 g/mol. The lowest BCUT2D eigenvalue weighted by Crippen LogP contribution is -2.19. The molecule has 0 amide bonds. The standard InChI is InChI=1S/C15H20ClN3S/c1-4-7-17-11(2)12-5-6-14(13(16)10-12)20-15-18-8-9-19(15)3/h5-6,8-11,17H,4,7H2,1-3H3. The summed E-state index contributed by atoms with van der Waals surface area (Å²) in [5, 5.41) is 5.19. The number of hydrogen-bond acceptors (Lipinski definition) is 3. The Bertz CT molecular complexity index is 568. The van der Waals surface area contributed by atoms with Crippen LogP contribution in [0, 0.1) is 0 Å². The first-order valence-corrected chi connectivity index (χ1v) is 7.99. The van der Waals surface area contributed by atoms with Gasteiger partial charge in [0.25, 0.3) is 0 Å². The number of hydrogen-bond donors (Lipinski definition) is 1. The molecule has 1 unspecified atom stereocenters. The minimum atomic E-state index is 0.319. The fourth-order valence-corrected chi connectivity index (χ4v) is 3.01. The average Bonchev–Trinajstić information content (AvgIpc) is 2.84. The van der Waals surface area contributed by atoms with Gasteiger partial charge in [0.2, 0.25) is 0 Å². The Morgan fingerprint density at radius 3 is 2.85 bits per heavy atom. The van der Waals surface area contributed by atoms with Gasteiger partial charge in [0.15, 0.2) is 5.16 Å². The second kappa shape index (κ2) is 7.16. The molecule has 0 aliphatic carbocycles. The maximum absolute atomic E-state index is 6.39. The van der Waals surface area contributed by atoms with Crippen LogP contribution >= 0.6 is 23.4 Å². The third-order valence-corrected chi connectivity index (χ3v) is 4.71. The Hall–Kier alpha value is -0.970. The van der Waals surface area contributed by atoms with Crippen LogP contribution in [0.25, 0.3) is 0 Å². The van der Waals surface area contributed by atoms with Crippen LogP contribution < -0.4 is 5.32 Å². The van der Waals surface area contributed by atoms with Crippen LogP contribution in [0.15, 0.2) is 40.6 Å². The summed E-state index contributed by atoms with van der Waals surface area (Å²) in [6, 6.07) is 6.56. The molecule has 1 aromatic heterocycles. The second-order valence-corrected chi connectivity index (χ2v) is 6.20. The van der Waals surface area contributed by atoms with Crippen molar-refractivity contribution in [1.29, 1.82) is 0 Å². The van der Waals surface area contributed by atoms with Crippen molar-refractivity contribution in [1.82, 2.24) is 14.9 Å². The normalized spacial score (nSPS) is 12.6. The van der Waals surface area contributed by atoms with Crippen LogP contribution in [0.4, 0.5) is 0 Å². The maximum Gasteiger partial charge on any atom is 0.172 e. The second-order valence-electron chi connectivity index (χ2n) is 4.79. The van der Waals surface area contributed by atoms with Crippen molar-refractivity contribution in [2.75, 3.05) is 6.54 Å². The molecule has 1 N–H and O–H groups in total. The quantitative estimate of drug-likeness (QED) is 0.863. The summed E-state index contributed by atoms with van der Waals surface area (Å²) in [6.07, 6.45) is 4.86. The number of nitrogens with one attached hydrogen (secondary N) is 1. The van der Waals surface area contributed by atoms with Gasteiger partial charge in [0.05, 0.1) is 5.02 Å². The van der Waals surface area contributed by atoms with E-state index in [9.17, 15) is 0 Å². The SMILES string of the molecule is CCCNC(C)c1ccc(Sc2nccn2C)c(Cl)c1. The summed E-state index contributed by atoms with van der Waals surface area (Å²) < 4.78 is 1.99. The molecule has 1 aromatic carbocycles. The van der Waals surface area contributed by atoms with Gasteiger partial charge in [0, 0.05) is 30.4 Å². The van der Waals surface area contributed by atoms with Gasteiger partial charge in [-0.25, -0.2) is 4.98 Å². The molecule has 20 heavy (non-hydrogen) atoms. The summed E-state index contributed by atoms with van der Waals surface area (Å²) in [5.74, 6) is 0. The molecule has 0 saturated heterocycles. The number of aromatic nitrogens is 2. The predicted octanol–water partition coefficient (Wildman–Crippen LogP) is 4.29. The molecule has 2 aromatic rings. The van der Waals surface area contributed by atoms with Crippen molar-refractivity contribution in [2.24, 2.45) is 7.05 Å². The first kappa shape index (κ1) is 15.4. The van der Waals surface area contributed by atoms with Gasteiger partial charge in [-0.05, 0) is 37.6 Å². The predicted molar refractivity (Wildman–Crippen MR) is 85.5 cm³/mol. The van der Waals surface area contributed by atoms with Gasteiger partial charge >= 0.3 is 0 Å². The minimum Gasteiger partial charge on any atom is -0.329 e. The molecule has 0 radical (unpaired) electrons. The van der Waals surface area contributed by atoms with Gasteiger partial charge in [-0.2, -0.15) is 0 Å². The maximum atomic E-state index is 6.39. The van der Waals surface area contributed by atoms with E-state index in [1.54, 1.807) is 18.0 Å². The minimum absolute atomic E-state index is 0.319. The molecule has 0 spiro atoms. The number of nitrogens with zero attached hydrogens (tertiary/aromatic N) is 2. The molecule has 3 nitrogen and oxygen atoms in total. The lowest BCUT2D eigenvalue weighted by molar-refractivity contribution is 0.570. The van der Waals surface area contributed by atoms with Crippen molar-refractivity contribution in [3.05, 3.63) is 41.2 Å². The highest BCUT2D eigenvalue weighted by Crippen LogP contribution is 2.33. The molecule has 5 heteroatoms. The highest BCUT2D eigenvalue weighted by atomic mass is 35.5. The molecule has 0 bridgehead atoms. The van der Waals surface area contributed by atoms with Crippen LogP contribution in [0.5, 0.6) is 0 Å². The summed E-state index contributed by atoms with van der Waals surface area (Å²) in [5.41, 5.74) is 1.22. The zero-order valence-corrected chi connectivity index (χ0v) is 13.6. The van der Waals surface area contributed by atoms with E-state index in [2.05, 4.69) is 36.3 Å². The van der Waals surface area contributed by atoms with E-state index in [1.807, 2.05) is 23.9 Å². The highest BCUT2D eigenvalue weighted by molar-refractivity contribution is 7.99. The van der Waals surface area contributed by atoms with Crippen molar-refractivity contribution < 1.29 is 0 Å². The van der Waals surface area contributed by atoms with Gasteiger partial charge in [0.1, 0.15) is 0 Å². The smallest absolute Gasteiger partial charge is 0.172 e. The van der Waals surface area contributed by atoms with E-state index in [0.717, 1.165) is 28.0 Å². The summed E-state index contributed by atoms with van der Waals surface area (Å²) >= 11 is 7.98. The van der Waals surface area contributed by atoms with Crippen LogP contribution in [0.3, 0.4) is 0 Å². The molecular formula is C15H20ClN3S. The molecule has 0 aliphatic heterocycles. The number of halogens is 1. The third kappa shape index (κ3) is 3.78. The van der Waals surface area contributed by atoms with Crippen molar-refractivity contribution in [2.45, 2.75) is 36.4 Å². The lowest BCUT2D eigenvalue weighted by Gasteiger charge is -2.15. The van der Waals surface area contributed by atoms with E-state index in [4.69, 9.17) is 11.6 Å². The topological polar surface area (TPSA) is 29.9 Å². The molecule has 1 atom stereocenters. The zero-order chi connectivity index (χ0) is 14.5. The third-order valence-electron chi connectivity index (χ3n) is 3.13. The highest BCUT2D eigenvalue weighted by Gasteiger charge is 2.10. The Labute approximate surface area is 129 Å². The van der Waals surface area contributed by atoms with Crippen LogP contribution in [0.1, 0.15) is 31.9 Å². The molecule has 0 aliphatic rings. The van der Waals surface area contributed by atoms with E-state index >= 15 is 0 Å². The Kier molecular flexibility index (Phi) is 5.52. The molecule has 1 heterocycles. The fourth-order valence-electron chi connectivity index (χ4n) is 1.90. The zero-order valence-electron chi connectivity index (χ0n) is 12.1. The van der Waals surface area contributed by atoms with Crippen molar-refractivity contribution in [3.63, 3.8) is 0 Å². The van der Waals surface area contributed by atoms with Gasteiger partial charge in [-0.3, -0.25) is 0 Å². The first-order chi connectivity index (χ1) is 9.61. The number of benzene rings is 1. The Balaban J connectivity index is 2.11. The molecule has 0 saturated carbocycles. The van der Waals surface area contributed by atoms with Crippen molar-refractivity contribution in [3.8, 4) is 0 Å². The largest absolute Gasteiger partial charge is 0.329 e. The fraction of sp³-hybridized carbons (Fsp3) is 0.400. The van der Waals surface area contributed by atoms with Crippen LogP contribution in [0.2, 0.25) is 5.02 Å². The van der Waals surface area contributed by atoms with E-state index in [-0.39, 0.29) is 0 Å². The van der Waals surface area contributed by atoms with E-state index < -0.39 is 0 Å². The number of imidazole rings is 1. The van der Waals surface area contributed by atoms with Crippen LogP contribution in [-0.4, -0.2) is 16.1 Å². The molecule has 0 fully saturated rings. The first-order valence-electron chi connectivity index (χ1n) is 6.79. The Morgan fingerprint density at radius 2 is 2.25 bits per heavy atom. The molecular weight excluding hydrogens is 290 g/mol. The average molecular weight is 310 g/mol. The lowest BCUT2D eigenvalue weighted by atomic mass is 10.1. The summed E-state index contributed by atoms with van der Waals surface area (Å²) in [4.78, 5) is 5.34. The van der Waals surface area contributed by atoms with E-state index in [1.165, 1.54) is 5.56 Å². The Morgan fingerprint density at radius 1 is 1.45 bits per heavy atom. The number of rotatable bonds is 6. The molecule has 108 valence electrons. The number of aryl methyl sites for hydroxylation is 1. The van der Waals surface area contributed by atoms with Gasteiger partial charge in [-0.15, -0.1) is 0 Å².